The molecule has 2 nitrogen and oxygen atoms in total. The molecule has 0 spiro atoms. The molecular weight excluding hydrogens is 284 g/mol. The summed E-state index contributed by atoms with van der Waals surface area (Å²) < 4.78 is 0.931. The van der Waals surface area contributed by atoms with E-state index in [1.165, 1.54) is 10.5 Å². The lowest BCUT2D eigenvalue weighted by Crippen LogP contribution is -1.91. The maximum absolute atomic E-state index is 5.91. The van der Waals surface area contributed by atoms with Gasteiger partial charge in [-0.2, -0.15) is 0 Å². The maximum atomic E-state index is 5.91. The fourth-order valence-corrected chi connectivity index (χ4v) is 2.83. The van der Waals surface area contributed by atoms with E-state index < -0.39 is 0 Å². The van der Waals surface area contributed by atoms with Crippen molar-refractivity contribution in [1.82, 2.24) is 4.98 Å². The highest BCUT2D eigenvalue weighted by molar-refractivity contribution is 9.10. The number of hydrogen-bond donors (Lipinski definition) is 1. The van der Waals surface area contributed by atoms with Gasteiger partial charge >= 0.3 is 0 Å². The quantitative estimate of drug-likeness (QED) is 0.913. The van der Waals surface area contributed by atoms with Gasteiger partial charge in [-0.1, -0.05) is 30.0 Å². The highest BCUT2D eigenvalue weighted by atomic mass is 79.9. The van der Waals surface area contributed by atoms with E-state index in [1.807, 2.05) is 12.1 Å². The number of benzene rings is 1. The van der Waals surface area contributed by atoms with Crippen LogP contribution in [0, 0.1) is 6.92 Å². The zero-order valence-corrected chi connectivity index (χ0v) is 11.2. The largest absolute Gasteiger partial charge is 0.397 e. The Hall–Kier alpha value is -1.00. The molecule has 0 amide bonds. The molecule has 0 saturated heterocycles. The van der Waals surface area contributed by atoms with E-state index in [1.54, 1.807) is 24.2 Å². The molecule has 0 unspecified atom stereocenters. The van der Waals surface area contributed by atoms with Gasteiger partial charge in [0.25, 0.3) is 0 Å². The Morgan fingerprint density at radius 3 is 2.69 bits per heavy atom. The molecule has 0 aliphatic rings. The highest BCUT2D eigenvalue weighted by Crippen LogP contribution is 2.38. The number of nitrogens with two attached hydrogens (primary N) is 1. The minimum absolute atomic E-state index is 0.697. The first-order valence-electron chi connectivity index (χ1n) is 4.81. The van der Waals surface area contributed by atoms with Crippen molar-refractivity contribution in [3.63, 3.8) is 0 Å². The summed E-state index contributed by atoms with van der Waals surface area (Å²) in [5.74, 6) is 0. The summed E-state index contributed by atoms with van der Waals surface area (Å²) in [5.41, 5.74) is 7.85. The van der Waals surface area contributed by atoms with Crippen molar-refractivity contribution in [1.29, 1.82) is 0 Å². The number of anilines is 1. The fourth-order valence-electron chi connectivity index (χ4n) is 1.33. The smallest absolute Gasteiger partial charge is 0.0653 e. The standard InChI is InChI=1S/C12H11BrN2S/c1-8-4-2-3-5-11(8)16-12-9(13)6-15-7-10(12)14/h2-7H,14H2,1H3. The summed E-state index contributed by atoms with van der Waals surface area (Å²) in [6.07, 6.45) is 3.43. The van der Waals surface area contributed by atoms with Crippen molar-refractivity contribution in [3.05, 3.63) is 46.7 Å². The summed E-state index contributed by atoms with van der Waals surface area (Å²) in [6, 6.07) is 8.24. The van der Waals surface area contributed by atoms with E-state index in [0.717, 1.165) is 9.37 Å². The molecule has 0 aliphatic heterocycles. The van der Waals surface area contributed by atoms with Crippen LogP contribution in [0.15, 0.2) is 50.9 Å². The van der Waals surface area contributed by atoms with Crippen LogP contribution in [-0.4, -0.2) is 4.98 Å². The lowest BCUT2D eigenvalue weighted by atomic mass is 10.2. The molecule has 2 aromatic rings. The summed E-state index contributed by atoms with van der Waals surface area (Å²) in [4.78, 5) is 6.25. The number of halogens is 1. The molecule has 0 atom stereocenters. The molecule has 1 heterocycles. The predicted octanol–water partition coefficient (Wildman–Crippen LogP) is 3.89. The summed E-state index contributed by atoms with van der Waals surface area (Å²) in [5, 5.41) is 0. The van der Waals surface area contributed by atoms with Crippen LogP contribution in [0.4, 0.5) is 5.69 Å². The average Bonchev–Trinajstić information content (AvgIpc) is 2.26. The van der Waals surface area contributed by atoms with E-state index in [2.05, 4.69) is 40.0 Å². The van der Waals surface area contributed by atoms with Gasteiger partial charge in [-0.3, -0.25) is 4.98 Å². The first-order valence-corrected chi connectivity index (χ1v) is 6.42. The molecule has 1 aromatic carbocycles. The van der Waals surface area contributed by atoms with Crippen LogP contribution >= 0.6 is 27.7 Å². The third-order valence-corrected chi connectivity index (χ3v) is 4.39. The van der Waals surface area contributed by atoms with Crippen LogP contribution in [0.3, 0.4) is 0 Å². The number of hydrogen-bond acceptors (Lipinski definition) is 3. The number of nitrogen functional groups attached to an aromatic ring is 1. The van der Waals surface area contributed by atoms with E-state index in [-0.39, 0.29) is 0 Å². The first-order chi connectivity index (χ1) is 7.68. The first kappa shape index (κ1) is 11.5. The molecule has 16 heavy (non-hydrogen) atoms. The van der Waals surface area contributed by atoms with Crippen LogP contribution in [0.1, 0.15) is 5.56 Å². The minimum atomic E-state index is 0.697. The van der Waals surface area contributed by atoms with Crippen LogP contribution < -0.4 is 5.73 Å². The predicted molar refractivity (Wildman–Crippen MR) is 71.7 cm³/mol. The van der Waals surface area contributed by atoms with Gasteiger partial charge in [0.15, 0.2) is 0 Å². The highest BCUT2D eigenvalue weighted by Gasteiger charge is 2.08. The fraction of sp³-hybridized carbons (Fsp3) is 0.0833. The Labute approximate surface area is 107 Å². The number of aromatic nitrogens is 1. The van der Waals surface area contributed by atoms with Crippen LogP contribution in [0.2, 0.25) is 0 Å². The molecule has 2 N–H and O–H groups in total. The van der Waals surface area contributed by atoms with Crippen molar-refractivity contribution in [2.45, 2.75) is 16.7 Å². The van der Waals surface area contributed by atoms with Gasteiger partial charge in [-0.05, 0) is 34.5 Å². The van der Waals surface area contributed by atoms with E-state index in [0.29, 0.717) is 5.69 Å². The number of rotatable bonds is 2. The van der Waals surface area contributed by atoms with Crippen molar-refractivity contribution >= 4 is 33.4 Å². The molecule has 0 radical (unpaired) electrons. The van der Waals surface area contributed by atoms with Crippen molar-refractivity contribution < 1.29 is 0 Å². The second kappa shape index (κ2) is 4.89. The molecule has 0 saturated carbocycles. The SMILES string of the molecule is Cc1ccccc1Sc1c(N)cncc1Br. The van der Waals surface area contributed by atoms with E-state index in [9.17, 15) is 0 Å². The van der Waals surface area contributed by atoms with Gasteiger partial charge in [0.2, 0.25) is 0 Å². The van der Waals surface area contributed by atoms with E-state index in [4.69, 9.17) is 5.73 Å². The number of nitrogens with zero attached hydrogens (tertiary/aromatic N) is 1. The Kier molecular flexibility index (Phi) is 3.51. The molecule has 1 aromatic heterocycles. The molecule has 2 rings (SSSR count). The second-order valence-electron chi connectivity index (χ2n) is 3.41. The topological polar surface area (TPSA) is 38.9 Å². The summed E-state index contributed by atoms with van der Waals surface area (Å²) in [7, 11) is 0. The average molecular weight is 295 g/mol. The second-order valence-corrected chi connectivity index (χ2v) is 5.31. The Balaban J connectivity index is 2.38. The van der Waals surface area contributed by atoms with Gasteiger partial charge in [0, 0.05) is 11.1 Å². The summed E-state index contributed by atoms with van der Waals surface area (Å²) >= 11 is 5.12. The molecule has 0 bridgehead atoms. The Morgan fingerprint density at radius 1 is 1.25 bits per heavy atom. The molecule has 0 fully saturated rings. The zero-order chi connectivity index (χ0) is 11.5. The van der Waals surface area contributed by atoms with Crippen molar-refractivity contribution in [2.24, 2.45) is 0 Å². The Morgan fingerprint density at radius 2 is 2.00 bits per heavy atom. The normalized spacial score (nSPS) is 10.4. The van der Waals surface area contributed by atoms with Gasteiger partial charge < -0.3 is 5.73 Å². The lowest BCUT2D eigenvalue weighted by molar-refractivity contribution is 1.23. The van der Waals surface area contributed by atoms with E-state index >= 15 is 0 Å². The molecule has 4 heteroatoms. The number of pyridine rings is 1. The van der Waals surface area contributed by atoms with Gasteiger partial charge in [0.1, 0.15) is 0 Å². The van der Waals surface area contributed by atoms with Crippen molar-refractivity contribution in [3.8, 4) is 0 Å². The van der Waals surface area contributed by atoms with Crippen LogP contribution in [0.25, 0.3) is 0 Å². The van der Waals surface area contributed by atoms with Crippen LogP contribution in [0.5, 0.6) is 0 Å². The molecule has 82 valence electrons. The zero-order valence-electron chi connectivity index (χ0n) is 8.77. The van der Waals surface area contributed by atoms with Gasteiger partial charge in [-0.25, -0.2) is 0 Å². The molecule has 0 aliphatic carbocycles. The Bertz CT molecular complexity index is 494. The summed E-state index contributed by atoms with van der Waals surface area (Å²) in [6.45, 7) is 2.09. The van der Waals surface area contributed by atoms with Crippen LogP contribution in [-0.2, 0) is 0 Å². The third kappa shape index (κ3) is 2.39. The van der Waals surface area contributed by atoms with Gasteiger partial charge in [-0.15, -0.1) is 0 Å². The lowest BCUT2D eigenvalue weighted by Gasteiger charge is -2.08. The monoisotopic (exact) mass is 294 g/mol. The molecular formula is C12H11BrN2S. The minimum Gasteiger partial charge on any atom is -0.397 e. The number of aryl methyl sites for hydroxylation is 1. The van der Waals surface area contributed by atoms with Gasteiger partial charge in [0.05, 0.1) is 21.3 Å². The van der Waals surface area contributed by atoms with Crippen molar-refractivity contribution in [2.75, 3.05) is 5.73 Å². The third-order valence-electron chi connectivity index (χ3n) is 2.19. The maximum Gasteiger partial charge on any atom is 0.0653 e.